The summed E-state index contributed by atoms with van der Waals surface area (Å²) in [5.74, 6) is 0. The third-order valence-electron chi connectivity index (χ3n) is 5.21. The molecule has 1 fully saturated rings. The van der Waals surface area contributed by atoms with Crippen LogP contribution in [-0.4, -0.2) is 44.1 Å². The van der Waals surface area contributed by atoms with Gasteiger partial charge >= 0.3 is 0 Å². The molecule has 0 aromatic heterocycles. The van der Waals surface area contributed by atoms with E-state index in [2.05, 4.69) is 36.6 Å². The minimum Gasteiger partial charge on any atom is -0.379 e. The molecule has 1 heterocycles. The Balaban J connectivity index is 1.88. The predicted octanol–water partition coefficient (Wildman–Crippen LogP) is 3.95. The summed E-state index contributed by atoms with van der Waals surface area (Å²) in [7, 11) is -3.66. The quantitative estimate of drug-likeness (QED) is 0.654. The van der Waals surface area contributed by atoms with E-state index < -0.39 is 10.0 Å². The minimum absolute atomic E-state index is 0.230. The molecule has 0 bridgehead atoms. The van der Waals surface area contributed by atoms with E-state index in [0.29, 0.717) is 37.1 Å². The lowest BCUT2D eigenvalue weighted by atomic mass is 10.0. The fourth-order valence-electron chi connectivity index (χ4n) is 3.54. The third kappa shape index (κ3) is 5.00. The second-order valence-electron chi connectivity index (χ2n) is 7.25. The molecule has 1 aliphatic heterocycles. The second-order valence-corrected chi connectivity index (χ2v) is 9.57. The van der Waals surface area contributed by atoms with Crippen molar-refractivity contribution in [2.45, 2.75) is 38.5 Å². The fraction of sp³-hybridized carbons (Fsp3) is 0.409. The van der Waals surface area contributed by atoms with Crippen LogP contribution in [0.4, 0.5) is 11.4 Å². The molecule has 0 atom stereocenters. The van der Waals surface area contributed by atoms with E-state index in [1.54, 1.807) is 12.1 Å². The van der Waals surface area contributed by atoms with Crippen LogP contribution in [0.1, 0.15) is 30.5 Å². The maximum atomic E-state index is 13.3. The molecule has 0 saturated carbocycles. The van der Waals surface area contributed by atoms with Crippen molar-refractivity contribution >= 4 is 38.7 Å². The molecule has 6 nitrogen and oxygen atoms in total. The number of hydrogen-bond acceptors (Lipinski definition) is 4. The Kier molecular flexibility index (Phi) is 7.46. The van der Waals surface area contributed by atoms with Gasteiger partial charge in [-0.15, -0.1) is 0 Å². The first-order chi connectivity index (χ1) is 14.4. The van der Waals surface area contributed by atoms with Gasteiger partial charge in [0.2, 0.25) is 10.0 Å². The molecule has 162 valence electrons. The number of sulfonamides is 1. The minimum atomic E-state index is -3.66. The number of nitrogens with zero attached hydrogens (tertiary/aromatic N) is 1. The zero-order chi connectivity index (χ0) is 21.7. The molecule has 0 radical (unpaired) electrons. The molecule has 0 unspecified atom stereocenters. The average Bonchev–Trinajstić information content (AvgIpc) is 2.75. The number of benzene rings is 2. The Morgan fingerprint density at radius 2 is 1.70 bits per heavy atom. The maximum Gasteiger partial charge on any atom is 0.245 e. The van der Waals surface area contributed by atoms with Crippen molar-refractivity contribution in [1.29, 1.82) is 0 Å². The maximum absolute atomic E-state index is 13.3. The van der Waals surface area contributed by atoms with E-state index >= 15 is 0 Å². The van der Waals surface area contributed by atoms with Crippen molar-refractivity contribution in [3.05, 3.63) is 53.1 Å². The van der Waals surface area contributed by atoms with E-state index in [4.69, 9.17) is 17.0 Å². The van der Waals surface area contributed by atoms with Crippen LogP contribution < -0.4 is 10.6 Å². The summed E-state index contributed by atoms with van der Waals surface area (Å²) in [6, 6.07) is 11.5. The van der Waals surface area contributed by atoms with Crippen LogP contribution in [0.3, 0.4) is 0 Å². The summed E-state index contributed by atoms with van der Waals surface area (Å²) >= 11 is 5.55. The molecular weight excluding hydrogens is 418 g/mol. The van der Waals surface area contributed by atoms with Crippen LogP contribution in [-0.2, 0) is 27.6 Å². The van der Waals surface area contributed by atoms with Crippen LogP contribution in [0.15, 0.2) is 41.3 Å². The average molecular weight is 448 g/mol. The molecule has 1 aliphatic rings. The van der Waals surface area contributed by atoms with Crippen molar-refractivity contribution in [1.82, 2.24) is 4.31 Å². The van der Waals surface area contributed by atoms with Crippen LogP contribution in [0.5, 0.6) is 0 Å². The number of aryl methyl sites for hydroxylation is 3. The smallest absolute Gasteiger partial charge is 0.245 e. The van der Waals surface area contributed by atoms with Gasteiger partial charge in [-0.2, -0.15) is 4.31 Å². The van der Waals surface area contributed by atoms with Gasteiger partial charge in [0, 0.05) is 18.8 Å². The highest BCUT2D eigenvalue weighted by Crippen LogP contribution is 2.28. The molecule has 2 aromatic carbocycles. The first-order valence-corrected chi connectivity index (χ1v) is 12.1. The SMILES string of the molecule is CCc1cccc(CC)c1NC(=S)Nc1ccc(C)cc1S(=O)(=O)N1CCOCC1. The molecule has 2 N–H and O–H groups in total. The Hall–Kier alpha value is -2.00. The van der Waals surface area contributed by atoms with E-state index in [1.165, 1.54) is 15.4 Å². The molecule has 3 rings (SSSR count). The highest BCUT2D eigenvalue weighted by Gasteiger charge is 2.29. The van der Waals surface area contributed by atoms with Gasteiger partial charge in [0.05, 0.1) is 18.9 Å². The number of anilines is 2. The number of ether oxygens (including phenoxy) is 1. The summed E-state index contributed by atoms with van der Waals surface area (Å²) in [4.78, 5) is 0.230. The van der Waals surface area contributed by atoms with Crippen LogP contribution in [0, 0.1) is 6.92 Å². The lowest BCUT2D eigenvalue weighted by molar-refractivity contribution is 0.0730. The lowest BCUT2D eigenvalue weighted by Gasteiger charge is -2.27. The molecule has 0 amide bonds. The molecule has 2 aromatic rings. The molecule has 1 saturated heterocycles. The van der Waals surface area contributed by atoms with E-state index in [9.17, 15) is 8.42 Å². The van der Waals surface area contributed by atoms with Crippen molar-refractivity contribution in [2.75, 3.05) is 36.9 Å². The van der Waals surface area contributed by atoms with Crippen molar-refractivity contribution < 1.29 is 13.2 Å². The zero-order valence-corrected chi connectivity index (χ0v) is 19.3. The second kappa shape index (κ2) is 9.87. The van der Waals surface area contributed by atoms with Gasteiger partial charge in [-0.3, -0.25) is 0 Å². The monoisotopic (exact) mass is 447 g/mol. The first kappa shape index (κ1) is 22.7. The topological polar surface area (TPSA) is 70.7 Å². The zero-order valence-electron chi connectivity index (χ0n) is 17.7. The molecule has 0 aliphatic carbocycles. The molecule has 0 spiro atoms. The highest BCUT2D eigenvalue weighted by molar-refractivity contribution is 7.89. The van der Waals surface area contributed by atoms with Gasteiger partial charge in [0.1, 0.15) is 4.90 Å². The number of thiocarbonyl (C=S) groups is 1. The summed E-state index contributed by atoms with van der Waals surface area (Å²) < 4.78 is 33.3. The van der Waals surface area contributed by atoms with Crippen molar-refractivity contribution in [2.24, 2.45) is 0 Å². The standard InChI is InChI=1S/C22H29N3O3S2/c1-4-17-7-6-8-18(5-2)21(17)24-22(29)23-19-10-9-16(3)15-20(19)30(26,27)25-11-13-28-14-12-25/h6-10,15H,4-5,11-14H2,1-3H3,(H2,23,24,29). The molecule has 30 heavy (non-hydrogen) atoms. The number of rotatable bonds is 6. The van der Waals surface area contributed by atoms with Crippen molar-refractivity contribution in [3.63, 3.8) is 0 Å². The van der Waals surface area contributed by atoms with Crippen LogP contribution in [0.25, 0.3) is 0 Å². The Morgan fingerprint density at radius 3 is 2.30 bits per heavy atom. The Morgan fingerprint density at radius 1 is 1.07 bits per heavy atom. The van der Waals surface area contributed by atoms with E-state index in [-0.39, 0.29) is 4.90 Å². The molecule has 8 heteroatoms. The number of para-hydroxylation sites is 1. The van der Waals surface area contributed by atoms with Crippen molar-refractivity contribution in [3.8, 4) is 0 Å². The number of nitrogens with one attached hydrogen (secondary N) is 2. The fourth-order valence-corrected chi connectivity index (χ4v) is 5.39. The third-order valence-corrected chi connectivity index (χ3v) is 7.35. The number of morpholine rings is 1. The predicted molar refractivity (Wildman–Crippen MR) is 126 cm³/mol. The Labute approximate surface area is 184 Å². The van der Waals surface area contributed by atoms with Crippen LogP contribution >= 0.6 is 12.2 Å². The number of hydrogen-bond donors (Lipinski definition) is 2. The van der Waals surface area contributed by atoms with Gasteiger partial charge in [-0.1, -0.05) is 38.1 Å². The van der Waals surface area contributed by atoms with E-state index in [0.717, 1.165) is 24.1 Å². The summed E-state index contributed by atoms with van der Waals surface area (Å²) in [6.07, 6.45) is 1.75. The largest absolute Gasteiger partial charge is 0.379 e. The summed E-state index contributed by atoms with van der Waals surface area (Å²) in [5.41, 5.74) is 4.67. The lowest BCUT2D eigenvalue weighted by Crippen LogP contribution is -2.41. The normalized spacial score (nSPS) is 15.0. The first-order valence-electron chi connectivity index (χ1n) is 10.2. The van der Waals surface area contributed by atoms with Gasteiger partial charge in [-0.25, -0.2) is 8.42 Å². The molecular formula is C22H29N3O3S2. The van der Waals surface area contributed by atoms with Gasteiger partial charge in [0.25, 0.3) is 0 Å². The van der Waals surface area contributed by atoms with Gasteiger partial charge in [-0.05, 0) is 60.8 Å². The summed E-state index contributed by atoms with van der Waals surface area (Å²) in [6.45, 7) is 7.59. The summed E-state index contributed by atoms with van der Waals surface area (Å²) in [5, 5.41) is 6.78. The van der Waals surface area contributed by atoms with Crippen LogP contribution in [0.2, 0.25) is 0 Å². The van der Waals surface area contributed by atoms with Gasteiger partial charge in [0.15, 0.2) is 5.11 Å². The van der Waals surface area contributed by atoms with E-state index in [1.807, 2.05) is 19.1 Å². The Bertz CT molecular complexity index is 994. The van der Waals surface area contributed by atoms with Gasteiger partial charge < -0.3 is 15.4 Å². The highest BCUT2D eigenvalue weighted by atomic mass is 32.2.